The molecule has 0 radical (unpaired) electrons. The van der Waals surface area contributed by atoms with E-state index < -0.39 is 36.1 Å². The molecule has 19 heavy (non-hydrogen) atoms. The molecule has 3 N–H and O–H groups in total. The number of hydrogen-bond acceptors (Lipinski definition) is 3. The summed E-state index contributed by atoms with van der Waals surface area (Å²) in [4.78, 5) is 32.9. The van der Waals surface area contributed by atoms with E-state index in [1.165, 1.54) is 12.1 Å². The van der Waals surface area contributed by atoms with E-state index in [0.29, 0.717) is 5.56 Å². The fraction of sp³-hybridized carbons (Fsp3) is 0.250. The monoisotopic (exact) mass is 269 g/mol. The van der Waals surface area contributed by atoms with E-state index in [1.807, 2.05) is 5.32 Å². The maximum atomic E-state index is 13.5. The Hall–Kier alpha value is -2.44. The first-order valence-electron chi connectivity index (χ1n) is 5.33. The number of aryl methyl sites for hydroxylation is 1. The van der Waals surface area contributed by atoms with Crippen molar-refractivity contribution in [3.8, 4) is 0 Å². The molecule has 0 saturated carbocycles. The van der Waals surface area contributed by atoms with Crippen LogP contribution >= 0.6 is 0 Å². The minimum atomic E-state index is -1.61. The van der Waals surface area contributed by atoms with Gasteiger partial charge < -0.3 is 15.5 Å². The van der Waals surface area contributed by atoms with E-state index >= 15 is 0 Å². The zero-order valence-corrected chi connectivity index (χ0v) is 10.0. The van der Waals surface area contributed by atoms with Crippen LogP contribution in [-0.4, -0.2) is 34.1 Å². The van der Waals surface area contributed by atoms with Crippen LogP contribution in [0.5, 0.6) is 0 Å². The molecule has 0 aliphatic rings. The van der Waals surface area contributed by atoms with Crippen molar-refractivity contribution in [2.45, 2.75) is 19.4 Å². The molecule has 1 atom stereocenters. The predicted molar refractivity (Wildman–Crippen MR) is 62.3 cm³/mol. The van der Waals surface area contributed by atoms with Gasteiger partial charge in [-0.15, -0.1) is 0 Å². The molecule has 1 amide bonds. The van der Waals surface area contributed by atoms with Gasteiger partial charge in [-0.1, -0.05) is 6.07 Å². The second kappa shape index (κ2) is 5.94. The fourth-order valence-electron chi connectivity index (χ4n) is 1.41. The molecule has 1 rings (SSSR count). The molecule has 0 aliphatic heterocycles. The normalized spacial score (nSPS) is 11.7. The quantitative estimate of drug-likeness (QED) is 0.733. The van der Waals surface area contributed by atoms with Crippen molar-refractivity contribution in [3.05, 3.63) is 35.1 Å². The van der Waals surface area contributed by atoms with Gasteiger partial charge in [0.05, 0.1) is 12.0 Å². The largest absolute Gasteiger partial charge is 0.481 e. The van der Waals surface area contributed by atoms with Crippen molar-refractivity contribution in [1.29, 1.82) is 0 Å². The van der Waals surface area contributed by atoms with E-state index in [0.717, 1.165) is 6.07 Å². The number of amides is 1. The van der Waals surface area contributed by atoms with E-state index in [2.05, 4.69) is 0 Å². The number of hydrogen-bond donors (Lipinski definition) is 3. The minimum Gasteiger partial charge on any atom is -0.481 e. The standard InChI is InChI=1S/C12H12FNO5/c1-6-2-3-7(8(13)4-6)11(17)14-9(12(18)19)5-10(15)16/h2-4,9H,5H2,1H3,(H,14,17)(H,15,16)(H,18,19). The van der Waals surface area contributed by atoms with E-state index in [-0.39, 0.29) is 5.56 Å². The molecular weight excluding hydrogens is 257 g/mol. The Morgan fingerprint density at radius 3 is 2.42 bits per heavy atom. The van der Waals surface area contributed by atoms with Crippen LogP contribution in [0.4, 0.5) is 4.39 Å². The van der Waals surface area contributed by atoms with Gasteiger partial charge in [0.1, 0.15) is 11.9 Å². The molecule has 1 aromatic rings. The molecule has 0 aromatic heterocycles. The summed E-state index contributed by atoms with van der Waals surface area (Å²) in [5, 5.41) is 19.2. The molecule has 0 spiro atoms. The van der Waals surface area contributed by atoms with Gasteiger partial charge in [-0.2, -0.15) is 0 Å². The van der Waals surface area contributed by atoms with E-state index in [9.17, 15) is 18.8 Å². The minimum absolute atomic E-state index is 0.331. The summed E-state index contributed by atoms with van der Waals surface area (Å²) in [5.41, 5.74) is 0.275. The number of halogens is 1. The molecule has 0 heterocycles. The first kappa shape index (κ1) is 14.6. The summed E-state index contributed by atoms with van der Waals surface area (Å²) in [6, 6.07) is 2.22. The van der Waals surface area contributed by atoms with Crippen LogP contribution in [0.15, 0.2) is 18.2 Å². The number of nitrogens with one attached hydrogen (secondary N) is 1. The SMILES string of the molecule is Cc1ccc(C(=O)NC(CC(=O)O)C(=O)O)c(F)c1. The summed E-state index contributed by atoms with van der Waals surface area (Å²) < 4.78 is 13.5. The number of carbonyl (C=O) groups excluding carboxylic acids is 1. The lowest BCUT2D eigenvalue weighted by atomic mass is 10.1. The van der Waals surface area contributed by atoms with E-state index in [1.54, 1.807) is 6.92 Å². The Bertz CT molecular complexity index is 529. The fourth-order valence-corrected chi connectivity index (χ4v) is 1.41. The first-order valence-corrected chi connectivity index (χ1v) is 5.33. The van der Waals surface area contributed by atoms with E-state index in [4.69, 9.17) is 10.2 Å². The highest BCUT2D eigenvalue weighted by Gasteiger charge is 2.24. The van der Waals surface area contributed by atoms with Crippen LogP contribution in [0.3, 0.4) is 0 Å². The van der Waals surface area contributed by atoms with Gasteiger partial charge >= 0.3 is 11.9 Å². The molecule has 0 bridgehead atoms. The topological polar surface area (TPSA) is 104 Å². The lowest BCUT2D eigenvalue weighted by molar-refractivity contribution is -0.145. The summed E-state index contributed by atoms with van der Waals surface area (Å²) in [6.45, 7) is 1.63. The molecule has 7 heteroatoms. The Labute approximate surface area is 107 Å². The van der Waals surface area contributed by atoms with Crippen molar-refractivity contribution in [3.63, 3.8) is 0 Å². The highest BCUT2D eigenvalue weighted by molar-refractivity contribution is 5.97. The molecule has 1 aromatic carbocycles. The van der Waals surface area contributed by atoms with Gasteiger partial charge in [0.2, 0.25) is 0 Å². The molecule has 6 nitrogen and oxygen atoms in total. The van der Waals surface area contributed by atoms with Crippen molar-refractivity contribution in [1.82, 2.24) is 5.32 Å². The van der Waals surface area contributed by atoms with Gasteiger partial charge in [0.15, 0.2) is 0 Å². The van der Waals surface area contributed by atoms with Gasteiger partial charge in [0, 0.05) is 0 Å². The Kier molecular flexibility index (Phi) is 4.57. The van der Waals surface area contributed by atoms with Crippen molar-refractivity contribution in [2.24, 2.45) is 0 Å². The predicted octanol–water partition coefficient (Wildman–Crippen LogP) is 0.792. The van der Waals surface area contributed by atoms with Crippen LogP contribution in [0.1, 0.15) is 22.3 Å². The number of rotatable bonds is 5. The number of benzene rings is 1. The highest BCUT2D eigenvalue weighted by atomic mass is 19.1. The number of aliphatic carboxylic acids is 2. The summed E-state index contributed by atoms with van der Waals surface area (Å²) in [7, 11) is 0. The van der Waals surface area contributed by atoms with Crippen LogP contribution in [-0.2, 0) is 9.59 Å². The summed E-state index contributed by atoms with van der Waals surface area (Å²) >= 11 is 0. The van der Waals surface area contributed by atoms with Gasteiger partial charge in [0.25, 0.3) is 5.91 Å². The molecule has 1 unspecified atom stereocenters. The van der Waals surface area contributed by atoms with Crippen LogP contribution < -0.4 is 5.32 Å². The number of carbonyl (C=O) groups is 3. The second-order valence-electron chi connectivity index (χ2n) is 3.95. The molecule has 0 aliphatic carbocycles. The molecule has 0 fully saturated rings. The van der Waals surface area contributed by atoms with Crippen LogP contribution in [0.25, 0.3) is 0 Å². The average molecular weight is 269 g/mol. The van der Waals surface area contributed by atoms with Crippen molar-refractivity contribution < 1.29 is 29.0 Å². The van der Waals surface area contributed by atoms with Crippen LogP contribution in [0, 0.1) is 12.7 Å². The van der Waals surface area contributed by atoms with Crippen molar-refractivity contribution >= 4 is 17.8 Å². The average Bonchev–Trinajstić information content (AvgIpc) is 2.26. The zero-order chi connectivity index (χ0) is 14.6. The van der Waals surface area contributed by atoms with Gasteiger partial charge in [-0.3, -0.25) is 9.59 Å². The van der Waals surface area contributed by atoms with Crippen LogP contribution in [0.2, 0.25) is 0 Å². The Balaban J connectivity index is 2.87. The van der Waals surface area contributed by atoms with Gasteiger partial charge in [-0.05, 0) is 24.6 Å². The smallest absolute Gasteiger partial charge is 0.326 e. The molecular formula is C12H12FNO5. The number of carboxylic acid groups (broad SMARTS) is 2. The lowest BCUT2D eigenvalue weighted by Gasteiger charge is -2.12. The van der Waals surface area contributed by atoms with Gasteiger partial charge in [-0.25, -0.2) is 9.18 Å². The van der Waals surface area contributed by atoms with Crippen molar-refractivity contribution in [2.75, 3.05) is 0 Å². The Morgan fingerprint density at radius 2 is 1.95 bits per heavy atom. The molecule has 0 saturated heterocycles. The summed E-state index contributed by atoms with van der Waals surface area (Å²) in [6.07, 6.45) is -0.783. The number of carboxylic acids is 2. The zero-order valence-electron chi connectivity index (χ0n) is 10.0. The maximum absolute atomic E-state index is 13.5. The third kappa shape index (κ3) is 4.06. The lowest BCUT2D eigenvalue weighted by Crippen LogP contribution is -2.42. The molecule has 102 valence electrons. The third-order valence-electron chi connectivity index (χ3n) is 2.35. The Morgan fingerprint density at radius 1 is 1.32 bits per heavy atom. The maximum Gasteiger partial charge on any atom is 0.326 e. The first-order chi connectivity index (χ1) is 8.81. The highest BCUT2D eigenvalue weighted by Crippen LogP contribution is 2.10. The summed E-state index contributed by atoms with van der Waals surface area (Å²) in [5.74, 6) is -4.64. The second-order valence-corrected chi connectivity index (χ2v) is 3.95. The third-order valence-corrected chi connectivity index (χ3v) is 2.35.